The molecule has 3 rings (SSSR count). The van der Waals surface area contributed by atoms with Gasteiger partial charge in [0.05, 0.1) is 39.5 Å². The van der Waals surface area contributed by atoms with E-state index in [1.165, 1.54) is 14.2 Å². The number of carbonyl (C=O) groups excluding carboxylic acids is 2. The van der Waals surface area contributed by atoms with Crippen molar-refractivity contribution in [3.05, 3.63) is 59.2 Å². The van der Waals surface area contributed by atoms with Crippen LogP contribution in [0.25, 0.3) is 0 Å². The number of hydrogen-bond donors (Lipinski definition) is 0. The van der Waals surface area contributed by atoms with Crippen LogP contribution in [0, 0.1) is 5.92 Å². The second-order valence-corrected chi connectivity index (χ2v) is 10.2. The van der Waals surface area contributed by atoms with Gasteiger partial charge in [0.15, 0.2) is 0 Å². The first kappa shape index (κ1) is 26.5. The largest absolute Gasteiger partial charge is 0.497 e. The fourth-order valence-electron chi connectivity index (χ4n) is 3.77. The summed E-state index contributed by atoms with van der Waals surface area (Å²) in [4.78, 5) is 24.9. The molecule has 0 aliphatic carbocycles. The van der Waals surface area contributed by atoms with Gasteiger partial charge in [-0.15, -0.1) is 0 Å². The third kappa shape index (κ3) is 6.12. The lowest BCUT2D eigenvalue weighted by Gasteiger charge is -2.20. The van der Waals surface area contributed by atoms with Gasteiger partial charge >= 0.3 is 16.2 Å². The van der Waals surface area contributed by atoms with Crippen LogP contribution in [0.5, 0.6) is 11.5 Å². The fourth-order valence-corrected chi connectivity index (χ4v) is 5.26. The van der Waals surface area contributed by atoms with Crippen molar-refractivity contribution in [2.45, 2.75) is 39.8 Å². The van der Waals surface area contributed by atoms with Crippen LogP contribution in [0.4, 0.5) is 0 Å². The van der Waals surface area contributed by atoms with E-state index in [4.69, 9.17) is 14.2 Å². The van der Waals surface area contributed by atoms with E-state index in [0.717, 1.165) is 21.5 Å². The van der Waals surface area contributed by atoms with Crippen LogP contribution in [0.1, 0.15) is 48.2 Å². The van der Waals surface area contributed by atoms with Crippen LogP contribution in [0.3, 0.4) is 0 Å². The van der Waals surface area contributed by atoms with Crippen molar-refractivity contribution in [3.63, 3.8) is 0 Å². The summed E-state index contributed by atoms with van der Waals surface area (Å²) in [6.07, 6.45) is 1.88. The molecule has 1 aliphatic heterocycles. The SMILES string of the molecule is CCC(CC)COC(=O)c1ccc(CN2CC(=O)N(Cc3ccc(OC)cc3OC)S2(=O)=O)cc1. The topological polar surface area (TPSA) is 102 Å². The summed E-state index contributed by atoms with van der Waals surface area (Å²) < 4.78 is 44.1. The Hall–Kier alpha value is -3.11. The van der Waals surface area contributed by atoms with Gasteiger partial charge in [-0.1, -0.05) is 38.8 Å². The third-order valence-corrected chi connectivity index (χ3v) is 7.96. The highest BCUT2D eigenvalue weighted by Gasteiger charge is 2.42. The van der Waals surface area contributed by atoms with Crippen LogP contribution >= 0.6 is 0 Å². The van der Waals surface area contributed by atoms with Gasteiger partial charge in [-0.3, -0.25) is 4.79 Å². The van der Waals surface area contributed by atoms with Crippen molar-refractivity contribution < 1.29 is 32.2 Å². The van der Waals surface area contributed by atoms with E-state index in [2.05, 4.69) is 13.8 Å². The van der Waals surface area contributed by atoms with E-state index < -0.39 is 22.1 Å². The third-order valence-electron chi connectivity index (χ3n) is 6.16. The smallest absolute Gasteiger partial charge is 0.338 e. The first-order chi connectivity index (χ1) is 16.7. The summed E-state index contributed by atoms with van der Waals surface area (Å²) in [5.41, 5.74) is 1.60. The van der Waals surface area contributed by atoms with E-state index in [1.807, 2.05) is 0 Å². The van der Waals surface area contributed by atoms with Crippen molar-refractivity contribution in [3.8, 4) is 11.5 Å². The Balaban J connectivity index is 1.68. The zero-order valence-electron chi connectivity index (χ0n) is 20.5. The number of nitrogens with zero attached hydrogens (tertiary/aromatic N) is 2. The molecule has 35 heavy (non-hydrogen) atoms. The van der Waals surface area contributed by atoms with E-state index in [0.29, 0.717) is 40.7 Å². The van der Waals surface area contributed by atoms with E-state index in [1.54, 1.807) is 42.5 Å². The van der Waals surface area contributed by atoms with Crippen LogP contribution < -0.4 is 9.47 Å². The lowest BCUT2D eigenvalue weighted by molar-refractivity contribution is -0.125. The molecule has 2 aromatic carbocycles. The molecular formula is C25H32N2O7S. The molecule has 1 amide bonds. The van der Waals surface area contributed by atoms with Gasteiger partial charge in [0, 0.05) is 18.2 Å². The van der Waals surface area contributed by atoms with Gasteiger partial charge in [0.1, 0.15) is 11.5 Å². The predicted octanol–water partition coefficient (Wildman–Crippen LogP) is 3.39. The average molecular weight is 505 g/mol. The normalized spacial score (nSPS) is 15.5. The van der Waals surface area contributed by atoms with E-state index in [-0.39, 0.29) is 19.6 Å². The summed E-state index contributed by atoms with van der Waals surface area (Å²) >= 11 is 0. The van der Waals surface area contributed by atoms with Gasteiger partial charge in [0.2, 0.25) is 0 Å². The predicted molar refractivity (Wildman–Crippen MR) is 130 cm³/mol. The second kappa shape index (κ2) is 11.5. The fraction of sp³-hybridized carbons (Fsp3) is 0.440. The van der Waals surface area contributed by atoms with Gasteiger partial charge in [-0.2, -0.15) is 12.7 Å². The minimum Gasteiger partial charge on any atom is -0.497 e. The van der Waals surface area contributed by atoms with Crippen LogP contribution in [-0.2, 0) is 32.8 Å². The van der Waals surface area contributed by atoms with Crippen molar-refractivity contribution in [1.29, 1.82) is 0 Å². The number of ether oxygens (including phenoxy) is 3. The van der Waals surface area contributed by atoms with Gasteiger partial charge in [-0.05, 0) is 35.7 Å². The Kier molecular flexibility index (Phi) is 8.74. The molecule has 0 aromatic heterocycles. The number of carbonyl (C=O) groups is 2. The molecule has 1 saturated heterocycles. The number of esters is 1. The molecular weight excluding hydrogens is 472 g/mol. The van der Waals surface area contributed by atoms with Crippen molar-refractivity contribution in [2.24, 2.45) is 5.92 Å². The van der Waals surface area contributed by atoms with Crippen LogP contribution in [0.2, 0.25) is 0 Å². The lowest BCUT2D eigenvalue weighted by Crippen LogP contribution is -2.33. The molecule has 10 heteroatoms. The number of rotatable bonds is 11. The summed E-state index contributed by atoms with van der Waals surface area (Å²) in [6.45, 7) is 4.08. The standard InChI is InChI=1S/C25H32N2O7S/c1-5-18(6-2)17-34-25(29)20-9-7-19(8-10-20)14-26-16-24(28)27(35(26,30)31)15-21-11-12-22(32-3)13-23(21)33-4/h7-13,18H,5-6,14-17H2,1-4H3. The van der Waals surface area contributed by atoms with E-state index in [9.17, 15) is 18.0 Å². The molecule has 1 fully saturated rings. The summed E-state index contributed by atoms with van der Waals surface area (Å²) in [5, 5.41) is 0. The molecule has 0 atom stereocenters. The van der Waals surface area contributed by atoms with Gasteiger partial charge in [-0.25, -0.2) is 9.10 Å². The maximum absolute atomic E-state index is 13.1. The quantitative estimate of drug-likeness (QED) is 0.432. The van der Waals surface area contributed by atoms with Crippen LogP contribution in [0.15, 0.2) is 42.5 Å². The zero-order valence-corrected chi connectivity index (χ0v) is 21.3. The molecule has 0 unspecified atom stereocenters. The lowest BCUT2D eigenvalue weighted by atomic mass is 10.1. The number of amides is 1. The summed E-state index contributed by atoms with van der Waals surface area (Å²) in [5.74, 6) is 0.386. The molecule has 0 saturated carbocycles. The molecule has 2 aromatic rings. The first-order valence-electron chi connectivity index (χ1n) is 11.5. The highest BCUT2D eigenvalue weighted by Crippen LogP contribution is 2.29. The molecule has 0 N–H and O–H groups in total. The molecule has 0 spiro atoms. The number of methoxy groups -OCH3 is 2. The van der Waals surface area contributed by atoms with Crippen molar-refractivity contribution in [2.75, 3.05) is 27.4 Å². The van der Waals surface area contributed by atoms with Gasteiger partial charge < -0.3 is 14.2 Å². The Morgan fingerprint density at radius 3 is 2.29 bits per heavy atom. The number of hydrogen-bond acceptors (Lipinski definition) is 7. The summed E-state index contributed by atoms with van der Waals surface area (Å²) in [6, 6.07) is 11.5. The molecule has 190 valence electrons. The Bertz CT molecular complexity index is 1140. The average Bonchev–Trinajstić information content (AvgIpc) is 3.07. The van der Waals surface area contributed by atoms with E-state index >= 15 is 0 Å². The Morgan fingerprint density at radius 1 is 1.00 bits per heavy atom. The molecule has 0 radical (unpaired) electrons. The van der Waals surface area contributed by atoms with Crippen LogP contribution in [-0.4, -0.2) is 56.3 Å². The molecule has 1 aliphatic rings. The minimum atomic E-state index is -4.03. The number of benzene rings is 2. The van der Waals surface area contributed by atoms with Crippen molar-refractivity contribution in [1.82, 2.24) is 8.61 Å². The molecule has 0 bridgehead atoms. The zero-order chi connectivity index (χ0) is 25.6. The Labute approximate surface area is 206 Å². The first-order valence-corrected chi connectivity index (χ1v) is 12.9. The molecule has 9 nitrogen and oxygen atoms in total. The summed E-state index contributed by atoms with van der Waals surface area (Å²) in [7, 11) is -1.04. The maximum atomic E-state index is 13.1. The minimum absolute atomic E-state index is 0.00733. The highest BCUT2D eigenvalue weighted by atomic mass is 32.2. The maximum Gasteiger partial charge on any atom is 0.338 e. The second-order valence-electron chi connectivity index (χ2n) is 8.33. The van der Waals surface area contributed by atoms with Crippen molar-refractivity contribution >= 4 is 22.1 Å². The highest BCUT2D eigenvalue weighted by molar-refractivity contribution is 7.87. The molecule has 1 heterocycles. The monoisotopic (exact) mass is 504 g/mol. The van der Waals surface area contributed by atoms with Gasteiger partial charge in [0.25, 0.3) is 5.91 Å². The Morgan fingerprint density at radius 2 is 1.69 bits per heavy atom.